The maximum Gasteiger partial charge on any atom is 0.243 e. The van der Waals surface area contributed by atoms with Gasteiger partial charge in [-0.3, -0.25) is 4.79 Å². The summed E-state index contributed by atoms with van der Waals surface area (Å²) in [7, 11) is -3.52. The largest absolute Gasteiger partial charge is 0.325 e. The summed E-state index contributed by atoms with van der Waals surface area (Å²) in [5.74, 6) is -0.150. The van der Waals surface area contributed by atoms with Crippen molar-refractivity contribution in [2.75, 3.05) is 11.9 Å². The Morgan fingerprint density at radius 1 is 1.16 bits per heavy atom. The van der Waals surface area contributed by atoms with Crippen LogP contribution in [0.3, 0.4) is 0 Å². The Kier molecular flexibility index (Phi) is 6.59. The first-order chi connectivity index (χ1) is 11.7. The van der Waals surface area contributed by atoms with Gasteiger partial charge in [0.15, 0.2) is 0 Å². The summed E-state index contributed by atoms with van der Waals surface area (Å²) in [5, 5.41) is 5.80. The number of hydrogen-bond donors (Lipinski definition) is 2. The van der Waals surface area contributed by atoms with Gasteiger partial charge in [0.2, 0.25) is 15.9 Å². The monoisotopic (exact) mass is 367 g/mol. The summed E-state index contributed by atoms with van der Waals surface area (Å²) in [5.41, 5.74) is 0.592. The first-order valence-electron chi connectivity index (χ1n) is 8.88. The van der Waals surface area contributed by atoms with Gasteiger partial charge in [0.1, 0.15) is 0 Å². The number of carbonyl (C=O) groups is 1. The smallest absolute Gasteiger partial charge is 0.243 e. The van der Waals surface area contributed by atoms with E-state index in [0.29, 0.717) is 5.69 Å². The van der Waals surface area contributed by atoms with Crippen molar-refractivity contribution in [1.29, 1.82) is 0 Å². The van der Waals surface area contributed by atoms with Gasteiger partial charge in [0.05, 0.1) is 11.4 Å². The van der Waals surface area contributed by atoms with Gasteiger partial charge in [-0.25, -0.2) is 8.42 Å². The van der Waals surface area contributed by atoms with Crippen LogP contribution in [0.25, 0.3) is 0 Å². The molecule has 0 aliphatic carbocycles. The highest BCUT2D eigenvalue weighted by molar-refractivity contribution is 7.89. The molecule has 0 spiro atoms. The van der Waals surface area contributed by atoms with Gasteiger partial charge in [-0.15, -0.1) is 0 Å². The van der Waals surface area contributed by atoms with Crippen LogP contribution in [0.2, 0.25) is 0 Å². The molecule has 0 bridgehead atoms. The molecule has 0 radical (unpaired) electrons. The number of carbonyl (C=O) groups excluding carboxylic acids is 1. The second-order valence-electron chi connectivity index (χ2n) is 7.07. The van der Waals surface area contributed by atoms with E-state index in [0.717, 1.165) is 19.3 Å². The Morgan fingerprint density at radius 2 is 1.72 bits per heavy atom. The van der Waals surface area contributed by atoms with Crippen molar-refractivity contribution in [3.63, 3.8) is 0 Å². The fourth-order valence-electron chi connectivity index (χ4n) is 3.21. The molecule has 1 aliphatic heterocycles. The molecule has 1 saturated heterocycles. The fourth-order valence-corrected chi connectivity index (χ4v) is 5.09. The molecule has 7 heteroatoms. The molecular weight excluding hydrogens is 338 g/mol. The standard InChI is InChI=1S/C18H29N3O3S/c1-13(2)19-12-18(22)20-16-8-10-17(11-9-16)25(23,24)21-14(3)6-5-7-15(21)4/h8-11,13-15,19H,5-7,12H2,1-4H3,(H,20,22). The third-order valence-corrected chi connectivity index (χ3v) is 6.64. The topological polar surface area (TPSA) is 78.5 Å². The predicted octanol–water partition coefficient (Wildman–Crippen LogP) is 2.57. The number of piperidine rings is 1. The second-order valence-corrected chi connectivity index (χ2v) is 8.92. The molecule has 2 unspecified atom stereocenters. The minimum Gasteiger partial charge on any atom is -0.325 e. The van der Waals surface area contributed by atoms with Crippen LogP contribution >= 0.6 is 0 Å². The van der Waals surface area contributed by atoms with Crippen molar-refractivity contribution in [3.05, 3.63) is 24.3 Å². The van der Waals surface area contributed by atoms with Crippen LogP contribution in [0.15, 0.2) is 29.2 Å². The lowest BCUT2D eigenvalue weighted by Crippen LogP contribution is -2.47. The van der Waals surface area contributed by atoms with Crippen molar-refractivity contribution >= 4 is 21.6 Å². The van der Waals surface area contributed by atoms with Crippen LogP contribution < -0.4 is 10.6 Å². The Labute approximate surface area is 151 Å². The van der Waals surface area contributed by atoms with Gasteiger partial charge in [-0.2, -0.15) is 4.31 Å². The number of anilines is 1. The summed E-state index contributed by atoms with van der Waals surface area (Å²) in [6.07, 6.45) is 2.84. The highest BCUT2D eigenvalue weighted by Crippen LogP contribution is 2.29. The van der Waals surface area contributed by atoms with E-state index < -0.39 is 10.0 Å². The molecule has 2 N–H and O–H groups in total. The van der Waals surface area contributed by atoms with E-state index in [2.05, 4.69) is 10.6 Å². The highest BCUT2D eigenvalue weighted by atomic mass is 32.2. The number of benzene rings is 1. The quantitative estimate of drug-likeness (QED) is 0.810. The molecule has 0 saturated carbocycles. The summed E-state index contributed by atoms with van der Waals surface area (Å²) >= 11 is 0. The lowest BCUT2D eigenvalue weighted by atomic mass is 10.0. The van der Waals surface area contributed by atoms with Crippen LogP contribution in [0, 0.1) is 0 Å². The second kappa shape index (κ2) is 8.29. The molecule has 1 aliphatic rings. The predicted molar refractivity (Wildman–Crippen MR) is 100 cm³/mol. The van der Waals surface area contributed by atoms with E-state index in [-0.39, 0.29) is 35.5 Å². The van der Waals surface area contributed by atoms with Crippen LogP contribution in [-0.4, -0.2) is 43.3 Å². The van der Waals surface area contributed by atoms with E-state index >= 15 is 0 Å². The van der Waals surface area contributed by atoms with Crippen LogP contribution in [0.4, 0.5) is 5.69 Å². The number of hydrogen-bond acceptors (Lipinski definition) is 4. The number of amides is 1. The van der Waals surface area contributed by atoms with Crippen molar-refractivity contribution in [1.82, 2.24) is 9.62 Å². The van der Waals surface area contributed by atoms with Crippen molar-refractivity contribution in [2.45, 2.75) is 70.0 Å². The maximum absolute atomic E-state index is 12.9. The summed E-state index contributed by atoms with van der Waals surface area (Å²) < 4.78 is 27.5. The Bertz CT molecular complexity index is 676. The van der Waals surface area contributed by atoms with Gasteiger partial charge in [0.25, 0.3) is 0 Å². The van der Waals surface area contributed by atoms with Crippen molar-refractivity contribution in [2.24, 2.45) is 0 Å². The van der Waals surface area contributed by atoms with E-state index in [4.69, 9.17) is 0 Å². The normalized spacial score (nSPS) is 22.1. The molecule has 1 aromatic rings. The van der Waals surface area contributed by atoms with Gasteiger partial charge in [0, 0.05) is 23.8 Å². The molecule has 6 nitrogen and oxygen atoms in total. The van der Waals surface area contributed by atoms with Crippen LogP contribution in [-0.2, 0) is 14.8 Å². The zero-order chi connectivity index (χ0) is 18.6. The summed E-state index contributed by atoms with van der Waals surface area (Å²) in [6.45, 7) is 8.08. The average Bonchev–Trinajstić information content (AvgIpc) is 2.53. The molecule has 1 aromatic carbocycles. The van der Waals surface area contributed by atoms with E-state index in [1.165, 1.54) is 0 Å². The molecule has 1 amide bonds. The summed E-state index contributed by atoms with van der Waals surface area (Å²) in [6, 6.07) is 6.65. The van der Waals surface area contributed by atoms with Gasteiger partial charge >= 0.3 is 0 Å². The number of rotatable bonds is 6. The number of nitrogens with zero attached hydrogens (tertiary/aromatic N) is 1. The summed E-state index contributed by atoms with van der Waals surface area (Å²) in [4.78, 5) is 12.1. The van der Waals surface area contributed by atoms with Gasteiger partial charge < -0.3 is 10.6 Å². The molecule has 25 heavy (non-hydrogen) atoms. The lowest BCUT2D eigenvalue weighted by molar-refractivity contribution is -0.115. The number of sulfonamides is 1. The molecule has 140 valence electrons. The Morgan fingerprint density at radius 3 is 2.24 bits per heavy atom. The van der Waals surface area contributed by atoms with Crippen LogP contribution in [0.1, 0.15) is 47.0 Å². The lowest BCUT2D eigenvalue weighted by Gasteiger charge is -2.37. The molecule has 0 aromatic heterocycles. The third kappa shape index (κ3) is 5.03. The Balaban J connectivity index is 2.09. The SMILES string of the molecule is CC(C)NCC(=O)Nc1ccc(S(=O)(=O)N2C(C)CCCC2C)cc1. The molecule has 1 fully saturated rings. The van der Waals surface area contributed by atoms with Gasteiger partial charge in [-0.1, -0.05) is 20.3 Å². The molecule has 2 atom stereocenters. The van der Waals surface area contributed by atoms with Gasteiger partial charge in [-0.05, 0) is 51.0 Å². The van der Waals surface area contributed by atoms with E-state index in [9.17, 15) is 13.2 Å². The molecule has 1 heterocycles. The first-order valence-corrected chi connectivity index (χ1v) is 10.3. The van der Waals surface area contributed by atoms with E-state index in [1.54, 1.807) is 28.6 Å². The zero-order valence-corrected chi connectivity index (χ0v) is 16.3. The fraction of sp³-hybridized carbons (Fsp3) is 0.611. The van der Waals surface area contributed by atoms with Crippen molar-refractivity contribution < 1.29 is 13.2 Å². The maximum atomic E-state index is 12.9. The molecular formula is C18H29N3O3S. The van der Waals surface area contributed by atoms with Crippen molar-refractivity contribution in [3.8, 4) is 0 Å². The highest BCUT2D eigenvalue weighted by Gasteiger charge is 2.35. The Hall–Kier alpha value is -1.44. The van der Waals surface area contributed by atoms with E-state index in [1.807, 2.05) is 27.7 Å². The van der Waals surface area contributed by atoms with Crippen LogP contribution in [0.5, 0.6) is 0 Å². The minimum absolute atomic E-state index is 0.00948. The zero-order valence-electron chi connectivity index (χ0n) is 15.5. The minimum atomic E-state index is -3.52. The third-order valence-electron chi connectivity index (χ3n) is 4.50. The molecule has 2 rings (SSSR count). The number of nitrogens with one attached hydrogen (secondary N) is 2. The first kappa shape index (κ1) is 19.9. The average molecular weight is 368 g/mol.